The highest BCUT2D eigenvalue weighted by molar-refractivity contribution is 5.66. The molecular formula is C17H32O2. The Morgan fingerprint density at radius 1 is 1.21 bits per heavy atom. The van der Waals surface area contributed by atoms with Gasteiger partial charge in [0.15, 0.2) is 0 Å². The normalized spacial score (nSPS) is 16.2. The van der Waals surface area contributed by atoms with Gasteiger partial charge in [0.25, 0.3) is 0 Å². The molecule has 0 bridgehead atoms. The fraction of sp³-hybridized carbons (Fsp3) is 0.824. The molecular weight excluding hydrogens is 236 g/mol. The number of hydrogen-bond acceptors (Lipinski definition) is 1. The SMILES string of the molecule is CC/C(=C/CCC(=O)O)CC(C)C(C)(C)C(C)CC. The molecule has 2 atom stereocenters. The Balaban J connectivity index is 4.57. The summed E-state index contributed by atoms with van der Waals surface area (Å²) < 4.78 is 0. The van der Waals surface area contributed by atoms with Gasteiger partial charge in [-0.05, 0) is 36.5 Å². The molecule has 0 saturated heterocycles. The quantitative estimate of drug-likeness (QED) is 0.577. The zero-order valence-electron chi connectivity index (χ0n) is 13.6. The van der Waals surface area contributed by atoms with Crippen LogP contribution in [0.1, 0.15) is 73.6 Å². The van der Waals surface area contributed by atoms with Crippen LogP contribution < -0.4 is 0 Å². The summed E-state index contributed by atoms with van der Waals surface area (Å²) in [6.45, 7) is 13.8. The zero-order valence-corrected chi connectivity index (χ0v) is 13.6. The molecule has 2 nitrogen and oxygen atoms in total. The molecule has 0 aromatic carbocycles. The van der Waals surface area contributed by atoms with E-state index in [1.54, 1.807) is 0 Å². The highest BCUT2D eigenvalue weighted by Crippen LogP contribution is 2.40. The minimum atomic E-state index is -0.709. The Kier molecular flexibility index (Phi) is 8.05. The summed E-state index contributed by atoms with van der Waals surface area (Å²) in [7, 11) is 0. The molecule has 0 heterocycles. The lowest BCUT2D eigenvalue weighted by molar-refractivity contribution is -0.136. The Labute approximate surface area is 119 Å². The molecule has 0 spiro atoms. The molecule has 1 N–H and O–H groups in total. The van der Waals surface area contributed by atoms with Crippen LogP contribution in [0.2, 0.25) is 0 Å². The first-order chi connectivity index (χ1) is 8.75. The maximum Gasteiger partial charge on any atom is 0.303 e. The van der Waals surface area contributed by atoms with Crippen molar-refractivity contribution in [1.29, 1.82) is 0 Å². The Bertz CT molecular complexity index is 302. The Morgan fingerprint density at radius 3 is 2.21 bits per heavy atom. The minimum Gasteiger partial charge on any atom is -0.481 e. The van der Waals surface area contributed by atoms with Crippen LogP contribution in [0.3, 0.4) is 0 Å². The van der Waals surface area contributed by atoms with Gasteiger partial charge in [-0.1, -0.05) is 59.6 Å². The van der Waals surface area contributed by atoms with Gasteiger partial charge in [-0.25, -0.2) is 0 Å². The van der Waals surface area contributed by atoms with Crippen LogP contribution in [0.4, 0.5) is 0 Å². The van der Waals surface area contributed by atoms with E-state index in [0.717, 1.165) is 12.8 Å². The van der Waals surface area contributed by atoms with Crippen molar-refractivity contribution in [3.8, 4) is 0 Å². The van der Waals surface area contributed by atoms with E-state index < -0.39 is 5.97 Å². The van der Waals surface area contributed by atoms with Crippen LogP contribution in [-0.4, -0.2) is 11.1 Å². The fourth-order valence-corrected chi connectivity index (χ4v) is 2.44. The fourth-order valence-electron chi connectivity index (χ4n) is 2.44. The second-order valence-corrected chi connectivity index (χ2v) is 6.38. The van der Waals surface area contributed by atoms with Gasteiger partial charge >= 0.3 is 5.97 Å². The molecule has 0 aromatic rings. The van der Waals surface area contributed by atoms with Gasteiger partial charge in [0, 0.05) is 6.42 Å². The Hall–Kier alpha value is -0.790. The van der Waals surface area contributed by atoms with E-state index in [1.807, 2.05) is 0 Å². The van der Waals surface area contributed by atoms with Crippen molar-refractivity contribution < 1.29 is 9.90 Å². The molecule has 0 aliphatic rings. The molecule has 0 aromatic heterocycles. The van der Waals surface area contributed by atoms with E-state index in [0.29, 0.717) is 23.7 Å². The van der Waals surface area contributed by atoms with Gasteiger partial charge < -0.3 is 5.11 Å². The van der Waals surface area contributed by atoms with Crippen molar-refractivity contribution in [2.24, 2.45) is 17.3 Å². The topological polar surface area (TPSA) is 37.3 Å². The highest BCUT2D eigenvalue weighted by atomic mass is 16.4. The van der Waals surface area contributed by atoms with Crippen LogP contribution in [0.25, 0.3) is 0 Å². The number of aliphatic carboxylic acids is 1. The predicted molar refractivity (Wildman–Crippen MR) is 82.3 cm³/mol. The first-order valence-electron chi connectivity index (χ1n) is 7.65. The third kappa shape index (κ3) is 6.26. The van der Waals surface area contributed by atoms with Crippen LogP contribution >= 0.6 is 0 Å². The first kappa shape index (κ1) is 18.2. The summed E-state index contributed by atoms with van der Waals surface area (Å²) in [6.07, 6.45) is 6.37. The average Bonchev–Trinajstić information content (AvgIpc) is 2.35. The van der Waals surface area contributed by atoms with E-state index in [-0.39, 0.29) is 6.42 Å². The summed E-state index contributed by atoms with van der Waals surface area (Å²) >= 11 is 0. The van der Waals surface area contributed by atoms with Crippen LogP contribution in [0.5, 0.6) is 0 Å². The van der Waals surface area contributed by atoms with Crippen molar-refractivity contribution in [1.82, 2.24) is 0 Å². The molecule has 2 unspecified atom stereocenters. The molecule has 0 aliphatic carbocycles. The summed E-state index contributed by atoms with van der Waals surface area (Å²) in [4.78, 5) is 10.5. The monoisotopic (exact) mass is 268 g/mol. The first-order valence-corrected chi connectivity index (χ1v) is 7.65. The van der Waals surface area contributed by atoms with E-state index in [4.69, 9.17) is 5.11 Å². The van der Waals surface area contributed by atoms with Gasteiger partial charge in [-0.15, -0.1) is 0 Å². The van der Waals surface area contributed by atoms with E-state index in [2.05, 4.69) is 47.6 Å². The summed E-state index contributed by atoms with van der Waals surface area (Å²) in [5, 5.41) is 8.69. The molecule has 2 heteroatoms. The summed E-state index contributed by atoms with van der Waals surface area (Å²) in [6, 6.07) is 0. The highest BCUT2D eigenvalue weighted by Gasteiger charge is 2.30. The predicted octanol–water partition coefficient (Wildman–Crippen LogP) is 5.29. The summed E-state index contributed by atoms with van der Waals surface area (Å²) in [5.41, 5.74) is 1.74. The lowest BCUT2D eigenvalue weighted by atomic mass is 9.68. The number of hydrogen-bond donors (Lipinski definition) is 1. The van der Waals surface area contributed by atoms with Crippen molar-refractivity contribution >= 4 is 5.97 Å². The molecule has 0 radical (unpaired) electrons. The third-order valence-corrected chi connectivity index (χ3v) is 4.97. The van der Waals surface area contributed by atoms with Crippen molar-refractivity contribution in [2.45, 2.75) is 73.6 Å². The maximum absolute atomic E-state index is 10.5. The van der Waals surface area contributed by atoms with Crippen molar-refractivity contribution in [3.63, 3.8) is 0 Å². The average molecular weight is 268 g/mol. The number of carbonyl (C=O) groups is 1. The van der Waals surface area contributed by atoms with Gasteiger partial charge in [-0.3, -0.25) is 4.79 Å². The third-order valence-electron chi connectivity index (χ3n) is 4.97. The molecule has 19 heavy (non-hydrogen) atoms. The summed E-state index contributed by atoms with van der Waals surface area (Å²) in [5.74, 6) is 0.623. The van der Waals surface area contributed by atoms with Gasteiger partial charge in [0.1, 0.15) is 0 Å². The maximum atomic E-state index is 10.5. The number of carboxylic acid groups (broad SMARTS) is 1. The van der Waals surface area contributed by atoms with Crippen molar-refractivity contribution in [3.05, 3.63) is 11.6 Å². The number of carboxylic acids is 1. The zero-order chi connectivity index (χ0) is 15.1. The van der Waals surface area contributed by atoms with E-state index >= 15 is 0 Å². The van der Waals surface area contributed by atoms with Crippen LogP contribution in [0, 0.1) is 17.3 Å². The van der Waals surface area contributed by atoms with Gasteiger partial charge in [-0.2, -0.15) is 0 Å². The van der Waals surface area contributed by atoms with E-state index in [1.165, 1.54) is 12.0 Å². The molecule has 0 fully saturated rings. The van der Waals surface area contributed by atoms with Crippen molar-refractivity contribution in [2.75, 3.05) is 0 Å². The number of rotatable bonds is 9. The molecule has 112 valence electrons. The molecule has 0 amide bonds. The Morgan fingerprint density at radius 2 is 1.79 bits per heavy atom. The van der Waals surface area contributed by atoms with Crippen LogP contribution in [0.15, 0.2) is 11.6 Å². The lowest BCUT2D eigenvalue weighted by Crippen LogP contribution is -2.29. The standard InChI is InChI=1S/C17H32O2/c1-7-13(3)17(5,6)14(4)12-15(8-2)10-9-11-16(18)19/h10,13-14H,7-9,11-12H2,1-6H3,(H,18,19)/b15-10-. The molecule has 0 saturated carbocycles. The van der Waals surface area contributed by atoms with E-state index in [9.17, 15) is 4.79 Å². The molecule has 0 rings (SSSR count). The van der Waals surface area contributed by atoms with Gasteiger partial charge in [0.2, 0.25) is 0 Å². The second kappa shape index (κ2) is 8.39. The smallest absolute Gasteiger partial charge is 0.303 e. The lowest BCUT2D eigenvalue weighted by Gasteiger charge is -2.38. The largest absolute Gasteiger partial charge is 0.481 e. The second-order valence-electron chi connectivity index (χ2n) is 6.38. The molecule has 0 aliphatic heterocycles. The van der Waals surface area contributed by atoms with Gasteiger partial charge in [0.05, 0.1) is 0 Å². The van der Waals surface area contributed by atoms with Crippen LogP contribution in [-0.2, 0) is 4.79 Å². The minimum absolute atomic E-state index is 0.243. The number of allylic oxidation sites excluding steroid dienone is 2.